The van der Waals surface area contributed by atoms with Crippen LogP contribution in [-0.2, 0) is 17.5 Å². The van der Waals surface area contributed by atoms with Gasteiger partial charge in [0.1, 0.15) is 6.61 Å². The van der Waals surface area contributed by atoms with Crippen molar-refractivity contribution in [3.05, 3.63) is 71.3 Å². The SMILES string of the molecule is COc1cc([C@H](O[Si](C)(C)C(C)(C)C)[C@@H](C)[C@@H](C)Cc2cc(OC)c(OC)c(OCc3ccccc3)c2)cc(OC)c1OC. The highest BCUT2D eigenvalue weighted by Gasteiger charge is 2.41. The van der Waals surface area contributed by atoms with E-state index in [1.54, 1.807) is 35.5 Å². The van der Waals surface area contributed by atoms with E-state index in [1.807, 2.05) is 48.5 Å². The topological polar surface area (TPSA) is 64.6 Å². The quantitative estimate of drug-likeness (QED) is 0.157. The fraction of sp³-hybridized carbons (Fsp3) is 0.500. The highest BCUT2D eigenvalue weighted by atomic mass is 28.4. The Morgan fingerprint density at radius 1 is 0.659 bits per heavy atom. The lowest BCUT2D eigenvalue weighted by Crippen LogP contribution is -2.43. The largest absolute Gasteiger partial charge is 0.493 e. The van der Waals surface area contributed by atoms with Gasteiger partial charge in [-0.3, -0.25) is 0 Å². The van der Waals surface area contributed by atoms with E-state index in [9.17, 15) is 0 Å². The van der Waals surface area contributed by atoms with Crippen molar-refractivity contribution in [2.45, 2.75) is 71.9 Å². The minimum absolute atomic E-state index is 0.0309. The van der Waals surface area contributed by atoms with Crippen molar-refractivity contribution in [3.8, 4) is 34.5 Å². The third kappa shape index (κ3) is 8.21. The molecular weight excluding hydrogens is 572 g/mol. The molecule has 0 bridgehead atoms. The number of rotatable bonds is 15. The first kappa shape index (κ1) is 35.1. The van der Waals surface area contributed by atoms with Crippen molar-refractivity contribution in [2.24, 2.45) is 11.8 Å². The van der Waals surface area contributed by atoms with Gasteiger partial charge in [-0.1, -0.05) is 65.0 Å². The summed E-state index contributed by atoms with van der Waals surface area (Å²) in [6, 6.07) is 18.3. The van der Waals surface area contributed by atoms with Crippen LogP contribution < -0.4 is 28.4 Å². The molecular formula is C36H52O7Si. The van der Waals surface area contributed by atoms with Crippen LogP contribution in [0.3, 0.4) is 0 Å². The lowest BCUT2D eigenvalue weighted by atomic mass is 9.83. The predicted octanol–water partition coefficient (Wildman–Crippen LogP) is 8.89. The van der Waals surface area contributed by atoms with Gasteiger partial charge in [0.25, 0.3) is 0 Å². The Hall–Kier alpha value is -3.36. The second-order valence-electron chi connectivity index (χ2n) is 12.9. The van der Waals surface area contributed by atoms with Crippen LogP contribution in [0.1, 0.15) is 57.4 Å². The first-order chi connectivity index (χ1) is 20.8. The third-order valence-electron chi connectivity index (χ3n) is 8.92. The molecule has 0 saturated carbocycles. The van der Waals surface area contributed by atoms with Crippen LogP contribution in [0.5, 0.6) is 34.5 Å². The Labute approximate surface area is 265 Å². The van der Waals surface area contributed by atoms with E-state index in [2.05, 4.69) is 53.8 Å². The normalized spacial score (nSPS) is 13.9. The van der Waals surface area contributed by atoms with Crippen molar-refractivity contribution in [2.75, 3.05) is 35.5 Å². The number of hydrogen-bond donors (Lipinski definition) is 0. The van der Waals surface area contributed by atoms with Crippen molar-refractivity contribution >= 4 is 8.32 Å². The summed E-state index contributed by atoms with van der Waals surface area (Å²) in [5.41, 5.74) is 3.18. The maximum absolute atomic E-state index is 7.19. The molecule has 0 amide bonds. The molecule has 0 saturated heterocycles. The van der Waals surface area contributed by atoms with Gasteiger partial charge in [-0.05, 0) is 77.3 Å². The highest BCUT2D eigenvalue weighted by molar-refractivity contribution is 6.74. The van der Waals surface area contributed by atoms with E-state index in [1.165, 1.54) is 0 Å². The van der Waals surface area contributed by atoms with Crippen LogP contribution in [0.4, 0.5) is 0 Å². The molecule has 0 aliphatic rings. The first-order valence-electron chi connectivity index (χ1n) is 15.2. The molecule has 3 aromatic rings. The zero-order chi connectivity index (χ0) is 32.7. The van der Waals surface area contributed by atoms with Crippen molar-refractivity contribution in [1.29, 1.82) is 0 Å². The zero-order valence-corrected chi connectivity index (χ0v) is 29.7. The Morgan fingerprint density at radius 3 is 1.66 bits per heavy atom. The van der Waals surface area contributed by atoms with Crippen LogP contribution in [-0.4, -0.2) is 43.9 Å². The van der Waals surface area contributed by atoms with E-state index < -0.39 is 8.32 Å². The number of ether oxygens (including phenoxy) is 6. The predicted molar refractivity (Wildman–Crippen MR) is 179 cm³/mol. The molecule has 0 aromatic heterocycles. The molecule has 3 atom stereocenters. The molecule has 3 rings (SSSR count). The molecule has 242 valence electrons. The van der Waals surface area contributed by atoms with E-state index in [-0.39, 0.29) is 23.0 Å². The van der Waals surface area contributed by atoms with E-state index in [0.717, 1.165) is 23.1 Å². The van der Waals surface area contributed by atoms with Gasteiger partial charge in [-0.2, -0.15) is 0 Å². The fourth-order valence-electron chi connectivity index (χ4n) is 5.04. The fourth-order valence-corrected chi connectivity index (χ4v) is 6.38. The minimum atomic E-state index is -2.18. The minimum Gasteiger partial charge on any atom is -0.493 e. The van der Waals surface area contributed by atoms with Gasteiger partial charge in [0.15, 0.2) is 31.3 Å². The van der Waals surface area contributed by atoms with E-state index in [4.69, 9.17) is 32.8 Å². The first-order valence-corrected chi connectivity index (χ1v) is 18.1. The summed E-state index contributed by atoms with van der Waals surface area (Å²) >= 11 is 0. The summed E-state index contributed by atoms with van der Waals surface area (Å²) in [6.07, 6.45) is 0.582. The maximum atomic E-state index is 7.19. The van der Waals surface area contributed by atoms with Crippen LogP contribution in [0.25, 0.3) is 0 Å². The van der Waals surface area contributed by atoms with Crippen LogP contribution in [0, 0.1) is 11.8 Å². The lowest BCUT2D eigenvalue weighted by Gasteiger charge is -2.42. The zero-order valence-electron chi connectivity index (χ0n) is 28.7. The monoisotopic (exact) mass is 624 g/mol. The smallest absolute Gasteiger partial charge is 0.203 e. The number of benzene rings is 3. The molecule has 0 fully saturated rings. The van der Waals surface area contributed by atoms with Gasteiger partial charge >= 0.3 is 0 Å². The molecule has 7 nitrogen and oxygen atoms in total. The second-order valence-corrected chi connectivity index (χ2v) is 17.7. The summed E-state index contributed by atoms with van der Waals surface area (Å²) < 4.78 is 42.0. The van der Waals surface area contributed by atoms with Crippen molar-refractivity contribution < 1.29 is 32.8 Å². The molecule has 8 heteroatoms. The summed E-state index contributed by atoms with van der Waals surface area (Å²) in [4.78, 5) is 0. The standard InChI is InChI=1S/C36H52O7Si/c1-24(18-27-19-29(37-6)35(41-10)32(20-27)42-23-26-16-14-13-15-17-26)25(2)33(43-44(11,12)36(3,4)5)28-21-30(38-7)34(40-9)31(22-28)39-8/h13-17,19-22,24-25,33H,18,23H2,1-12H3/t24-,25-,33+/m0/s1. The molecule has 3 aromatic carbocycles. The van der Waals surface area contributed by atoms with Gasteiger partial charge in [-0.15, -0.1) is 0 Å². The maximum Gasteiger partial charge on any atom is 0.203 e. The molecule has 0 aliphatic heterocycles. The molecule has 0 aliphatic carbocycles. The molecule has 0 spiro atoms. The van der Waals surface area contributed by atoms with Gasteiger partial charge in [0, 0.05) is 0 Å². The molecule has 44 heavy (non-hydrogen) atoms. The molecule has 0 radical (unpaired) electrons. The van der Waals surface area contributed by atoms with Crippen LogP contribution in [0.15, 0.2) is 54.6 Å². The average molecular weight is 625 g/mol. The second kappa shape index (κ2) is 15.1. The molecule has 0 heterocycles. The third-order valence-corrected chi connectivity index (χ3v) is 13.4. The van der Waals surface area contributed by atoms with Gasteiger partial charge in [-0.25, -0.2) is 0 Å². The highest BCUT2D eigenvalue weighted by Crippen LogP contribution is 2.47. The summed E-state index contributed by atoms with van der Waals surface area (Å²) in [6.45, 7) is 16.3. The lowest BCUT2D eigenvalue weighted by molar-refractivity contribution is 0.0955. The number of methoxy groups -OCH3 is 5. The summed E-state index contributed by atoms with van der Waals surface area (Å²) in [5.74, 6) is 4.05. The average Bonchev–Trinajstić information content (AvgIpc) is 3.00. The van der Waals surface area contributed by atoms with Crippen molar-refractivity contribution in [3.63, 3.8) is 0 Å². The van der Waals surface area contributed by atoms with Gasteiger partial charge in [0.2, 0.25) is 11.5 Å². The van der Waals surface area contributed by atoms with Crippen LogP contribution in [0.2, 0.25) is 18.1 Å². The Kier molecular flexibility index (Phi) is 12.0. The van der Waals surface area contributed by atoms with Gasteiger partial charge in [0.05, 0.1) is 41.7 Å². The van der Waals surface area contributed by atoms with Crippen LogP contribution >= 0.6 is 0 Å². The summed E-state index contributed by atoms with van der Waals surface area (Å²) in [5, 5.41) is 0.0309. The van der Waals surface area contributed by atoms with E-state index in [0.29, 0.717) is 41.1 Å². The van der Waals surface area contributed by atoms with E-state index >= 15 is 0 Å². The molecule has 0 N–H and O–H groups in total. The van der Waals surface area contributed by atoms with Gasteiger partial charge < -0.3 is 32.8 Å². The molecule has 0 unspecified atom stereocenters. The number of hydrogen-bond acceptors (Lipinski definition) is 7. The Balaban J connectivity index is 2.00. The summed E-state index contributed by atoms with van der Waals surface area (Å²) in [7, 11) is 6.02. The Morgan fingerprint density at radius 2 is 1.16 bits per heavy atom. The van der Waals surface area contributed by atoms with Crippen molar-refractivity contribution in [1.82, 2.24) is 0 Å². The Bertz CT molecular complexity index is 1330.